The number of urea groups is 1. The van der Waals surface area contributed by atoms with Crippen LogP contribution in [0, 0.1) is 0 Å². The zero-order valence-corrected chi connectivity index (χ0v) is 28.1. The first-order chi connectivity index (χ1) is 23.7. The lowest BCUT2D eigenvalue weighted by molar-refractivity contribution is -0.253. The molecule has 10 heteroatoms. The number of rotatable bonds is 13. The molecule has 1 heterocycles. The van der Waals surface area contributed by atoms with Gasteiger partial charge in [-0.25, -0.2) is 9.59 Å². The van der Waals surface area contributed by atoms with E-state index in [1.807, 2.05) is 111 Å². The minimum Gasteiger partial charge on any atom is -0.467 e. The van der Waals surface area contributed by atoms with Gasteiger partial charge in [0.15, 0.2) is 6.29 Å². The van der Waals surface area contributed by atoms with Crippen molar-refractivity contribution in [3.8, 4) is 0 Å². The van der Waals surface area contributed by atoms with Crippen LogP contribution in [0.3, 0.4) is 0 Å². The van der Waals surface area contributed by atoms with Gasteiger partial charge in [0.2, 0.25) is 0 Å². The molecule has 1 fully saturated rings. The predicted molar refractivity (Wildman–Crippen MR) is 186 cm³/mol. The Balaban J connectivity index is 1.27. The lowest BCUT2D eigenvalue weighted by Gasteiger charge is -2.39. The van der Waals surface area contributed by atoms with Gasteiger partial charge in [0, 0.05) is 36.7 Å². The number of esters is 1. The highest BCUT2D eigenvalue weighted by Gasteiger charge is 2.34. The summed E-state index contributed by atoms with van der Waals surface area (Å²) in [5, 5.41) is 26.1. The number of aliphatic hydroxyl groups excluding tert-OH is 2. The highest BCUT2D eigenvalue weighted by molar-refractivity contribution is 5.92. The number of carbonyl (C=O) groups excluding carboxylic acids is 2. The van der Waals surface area contributed by atoms with Crippen LogP contribution in [-0.2, 0) is 32.0 Å². The Morgan fingerprint density at radius 3 is 2.14 bits per heavy atom. The maximum absolute atomic E-state index is 12.9. The molecule has 0 saturated carbocycles. The molecule has 1 saturated heterocycles. The van der Waals surface area contributed by atoms with E-state index in [-0.39, 0.29) is 24.9 Å². The van der Waals surface area contributed by atoms with Gasteiger partial charge in [0.25, 0.3) is 0 Å². The molecule has 0 aliphatic carbocycles. The molecular weight excluding hydrogens is 622 g/mol. The summed E-state index contributed by atoms with van der Waals surface area (Å²) in [7, 11) is 3.27. The monoisotopic (exact) mass is 667 g/mol. The molecule has 2 amide bonds. The number of amides is 2. The third kappa shape index (κ3) is 9.75. The maximum Gasteiger partial charge on any atom is 0.328 e. The fourth-order valence-electron chi connectivity index (χ4n) is 5.92. The summed E-state index contributed by atoms with van der Waals surface area (Å²) in [5.41, 5.74) is 4.83. The molecule has 4 N–H and O–H groups in total. The second-order valence-electron chi connectivity index (χ2n) is 12.4. The highest BCUT2D eigenvalue weighted by atomic mass is 16.7. The summed E-state index contributed by atoms with van der Waals surface area (Å²) in [4.78, 5) is 27.4. The van der Waals surface area contributed by atoms with Gasteiger partial charge >= 0.3 is 12.0 Å². The van der Waals surface area contributed by atoms with Crippen LogP contribution >= 0.6 is 0 Å². The average Bonchev–Trinajstić information content (AvgIpc) is 3.14. The maximum atomic E-state index is 12.9. The van der Waals surface area contributed by atoms with Crippen LogP contribution in [0.25, 0.3) is 0 Å². The molecule has 49 heavy (non-hydrogen) atoms. The summed E-state index contributed by atoms with van der Waals surface area (Å²) in [6.07, 6.45) is -0.968. The first-order valence-corrected chi connectivity index (χ1v) is 16.5. The van der Waals surface area contributed by atoms with E-state index in [1.165, 1.54) is 7.11 Å². The van der Waals surface area contributed by atoms with Gasteiger partial charge < -0.3 is 35.1 Å². The van der Waals surface area contributed by atoms with Crippen molar-refractivity contribution >= 4 is 17.7 Å². The largest absolute Gasteiger partial charge is 0.467 e. The standard InChI is InChI=1S/C39H45N3O7/c1-26(36(44)30-12-8-5-9-13-30)42(2)24-33-23-35(29-16-14-28(25-43)15-17-29)49-38(48-33)31-18-20-32(21-19-31)40-39(46)41-34(37(45)47-3)22-27-10-6-4-7-11-27/h4-21,26,33-36,38,43-44H,22-25H2,1-3H3,(H2,40,41,46). The van der Waals surface area contributed by atoms with E-state index in [0.717, 1.165) is 27.8 Å². The van der Waals surface area contributed by atoms with Gasteiger partial charge in [-0.1, -0.05) is 97.1 Å². The number of likely N-dealkylation sites (N-methyl/N-ethyl adjacent to an activating group) is 1. The molecule has 4 aromatic carbocycles. The molecule has 6 unspecified atom stereocenters. The highest BCUT2D eigenvalue weighted by Crippen LogP contribution is 2.38. The first-order valence-electron chi connectivity index (χ1n) is 16.5. The number of aliphatic hydroxyl groups is 2. The van der Waals surface area contributed by atoms with Gasteiger partial charge in [0.1, 0.15) is 6.04 Å². The molecule has 5 rings (SSSR count). The molecule has 0 radical (unpaired) electrons. The molecule has 6 atom stereocenters. The number of hydrogen-bond donors (Lipinski definition) is 4. The summed E-state index contributed by atoms with van der Waals surface area (Å²) in [6.45, 7) is 2.51. The molecule has 0 aromatic heterocycles. The normalized spacial score (nSPS) is 19.4. The van der Waals surface area contributed by atoms with Crippen molar-refractivity contribution in [2.45, 2.75) is 63.1 Å². The van der Waals surface area contributed by atoms with E-state index >= 15 is 0 Å². The van der Waals surface area contributed by atoms with E-state index < -0.39 is 30.4 Å². The van der Waals surface area contributed by atoms with Gasteiger partial charge in [-0.2, -0.15) is 0 Å². The van der Waals surface area contributed by atoms with Crippen molar-refractivity contribution < 1.29 is 34.0 Å². The zero-order valence-electron chi connectivity index (χ0n) is 28.1. The number of nitrogens with one attached hydrogen (secondary N) is 2. The second-order valence-corrected chi connectivity index (χ2v) is 12.4. The summed E-state index contributed by atoms with van der Waals surface area (Å²) >= 11 is 0. The molecule has 1 aliphatic heterocycles. The Morgan fingerprint density at radius 1 is 0.878 bits per heavy atom. The van der Waals surface area contributed by atoms with E-state index in [1.54, 1.807) is 12.1 Å². The van der Waals surface area contributed by atoms with Gasteiger partial charge in [-0.3, -0.25) is 4.90 Å². The molecule has 10 nitrogen and oxygen atoms in total. The summed E-state index contributed by atoms with van der Waals surface area (Å²) in [5.74, 6) is -0.536. The van der Waals surface area contributed by atoms with Crippen LogP contribution < -0.4 is 10.6 Å². The molecule has 0 spiro atoms. The predicted octanol–water partition coefficient (Wildman–Crippen LogP) is 5.68. The molecule has 0 bridgehead atoms. The summed E-state index contributed by atoms with van der Waals surface area (Å²) < 4.78 is 17.9. The van der Waals surface area contributed by atoms with E-state index in [9.17, 15) is 19.8 Å². The number of carbonyl (C=O) groups is 2. The number of hydrogen-bond acceptors (Lipinski definition) is 8. The van der Waals surface area contributed by atoms with Crippen molar-refractivity contribution in [3.05, 3.63) is 137 Å². The van der Waals surface area contributed by atoms with Crippen molar-refractivity contribution in [1.82, 2.24) is 10.2 Å². The number of methoxy groups -OCH3 is 1. The fourth-order valence-corrected chi connectivity index (χ4v) is 5.92. The van der Waals surface area contributed by atoms with Crippen molar-refractivity contribution in [1.29, 1.82) is 0 Å². The Bertz CT molecular complexity index is 1620. The Labute approximate surface area is 287 Å². The van der Waals surface area contributed by atoms with Gasteiger partial charge in [0.05, 0.1) is 32.0 Å². The van der Waals surface area contributed by atoms with Crippen LogP contribution in [0.5, 0.6) is 0 Å². The number of benzene rings is 4. The van der Waals surface area contributed by atoms with Crippen LogP contribution in [0.15, 0.2) is 109 Å². The Hall–Kier alpha value is -4.58. The topological polar surface area (TPSA) is 130 Å². The minimum atomic E-state index is -0.856. The zero-order chi connectivity index (χ0) is 34.8. The number of ether oxygens (including phenoxy) is 3. The van der Waals surface area contributed by atoms with Crippen LogP contribution in [0.4, 0.5) is 10.5 Å². The molecule has 258 valence electrons. The van der Waals surface area contributed by atoms with E-state index in [4.69, 9.17) is 14.2 Å². The lowest BCUT2D eigenvalue weighted by atomic mass is 9.98. The lowest BCUT2D eigenvalue weighted by Crippen LogP contribution is -2.45. The Kier molecular flexibility index (Phi) is 12.5. The second kappa shape index (κ2) is 17.2. The van der Waals surface area contributed by atoms with Gasteiger partial charge in [-0.15, -0.1) is 0 Å². The summed E-state index contributed by atoms with van der Waals surface area (Å²) in [6, 6.07) is 32.3. The third-order valence-corrected chi connectivity index (χ3v) is 8.91. The Morgan fingerprint density at radius 2 is 1.51 bits per heavy atom. The van der Waals surface area contributed by atoms with Crippen LogP contribution in [0.2, 0.25) is 0 Å². The molecular formula is C39H45N3O7. The third-order valence-electron chi connectivity index (χ3n) is 8.91. The number of nitrogens with zero attached hydrogens (tertiary/aromatic N) is 1. The van der Waals surface area contributed by atoms with Crippen LogP contribution in [0.1, 0.15) is 59.7 Å². The smallest absolute Gasteiger partial charge is 0.328 e. The van der Waals surface area contributed by atoms with E-state index in [0.29, 0.717) is 25.1 Å². The molecule has 1 aliphatic rings. The first kappa shape index (κ1) is 35.7. The fraction of sp³-hybridized carbons (Fsp3) is 0.333. The van der Waals surface area contributed by atoms with Crippen molar-refractivity contribution in [2.24, 2.45) is 0 Å². The molecule has 4 aromatic rings. The minimum absolute atomic E-state index is 0.0403. The van der Waals surface area contributed by atoms with Crippen molar-refractivity contribution in [3.63, 3.8) is 0 Å². The quantitative estimate of drug-likeness (QED) is 0.134. The van der Waals surface area contributed by atoms with Gasteiger partial charge in [-0.05, 0) is 48.4 Å². The van der Waals surface area contributed by atoms with Crippen molar-refractivity contribution in [2.75, 3.05) is 26.0 Å². The SMILES string of the molecule is COC(=O)C(Cc1ccccc1)NC(=O)Nc1ccc(C2OC(CN(C)C(C)C(O)c3ccccc3)CC(c3ccc(CO)cc3)O2)cc1. The van der Waals surface area contributed by atoms with Crippen LogP contribution in [-0.4, -0.2) is 66.0 Å². The average molecular weight is 668 g/mol. The van der Waals surface area contributed by atoms with E-state index in [2.05, 4.69) is 15.5 Å². The number of anilines is 1.